The molecular weight excluding hydrogens is 228 g/mol. The molecule has 0 radical (unpaired) electrons. The molecule has 0 saturated heterocycles. The lowest BCUT2D eigenvalue weighted by atomic mass is 10.1. The molecular formula is C13H18N4O. The molecule has 1 aromatic carbocycles. The number of nitriles is 1. The third kappa shape index (κ3) is 3.22. The van der Waals surface area contributed by atoms with Crippen LogP contribution in [0.5, 0.6) is 0 Å². The number of nitrogens with two attached hydrogens (primary N) is 1. The van der Waals surface area contributed by atoms with Crippen LogP contribution in [0.3, 0.4) is 0 Å². The first kappa shape index (κ1) is 14.0. The van der Waals surface area contributed by atoms with E-state index in [1.807, 2.05) is 6.92 Å². The van der Waals surface area contributed by atoms with Crippen LogP contribution in [0, 0.1) is 24.2 Å². The number of aryl methyl sites for hydroxylation is 1. The maximum atomic E-state index is 12.1. The van der Waals surface area contributed by atoms with Gasteiger partial charge in [-0.3, -0.25) is 10.6 Å². The Morgan fingerprint density at radius 1 is 1.61 bits per heavy atom. The van der Waals surface area contributed by atoms with E-state index in [2.05, 4.69) is 11.5 Å². The van der Waals surface area contributed by atoms with E-state index in [9.17, 15) is 4.79 Å². The molecule has 1 aromatic rings. The van der Waals surface area contributed by atoms with Crippen molar-refractivity contribution in [3.05, 3.63) is 29.3 Å². The molecule has 0 bridgehead atoms. The number of rotatable bonds is 4. The number of carbonyl (C=O) groups is 1. The molecule has 5 heteroatoms. The summed E-state index contributed by atoms with van der Waals surface area (Å²) < 4.78 is 0. The second kappa shape index (κ2) is 6.03. The average Bonchev–Trinajstić information content (AvgIpc) is 2.37. The first-order valence-corrected chi connectivity index (χ1v) is 5.72. The van der Waals surface area contributed by atoms with Gasteiger partial charge in [0.1, 0.15) is 0 Å². The standard InChI is InChI=1S/C13H18N4O/c1-9(7-14)8-17(3)13(18)11-4-5-12(16-15)10(2)6-11/h4-6,9,16H,8,15H2,1-3H3. The molecule has 1 amide bonds. The highest BCUT2D eigenvalue weighted by Gasteiger charge is 2.14. The van der Waals surface area contributed by atoms with Crippen LogP contribution in [0.1, 0.15) is 22.8 Å². The zero-order valence-corrected chi connectivity index (χ0v) is 10.9. The lowest BCUT2D eigenvalue weighted by molar-refractivity contribution is 0.0785. The SMILES string of the molecule is Cc1cc(C(=O)N(C)CC(C)C#N)ccc1NN. The number of hydrogen-bond donors (Lipinski definition) is 2. The van der Waals surface area contributed by atoms with Gasteiger partial charge in [-0.15, -0.1) is 0 Å². The fourth-order valence-corrected chi connectivity index (χ4v) is 1.71. The summed E-state index contributed by atoms with van der Waals surface area (Å²) in [4.78, 5) is 13.7. The topological polar surface area (TPSA) is 82.2 Å². The zero-order chi connectivity index (χ0) is 13.7. The number of anilines is 1. The Morgan fingerprint density at radius 2 is 2.28 bits per heavy atom. The van der Waals surface area contributed by atoms with E-state index < -0.39 is 0 Å². The third-order valence-corrected chi connectivity index (χ3v) is 2.74. The highest BCUT2D eigenvalue weighted by Crippen LogP contribution is 2.16. The summed E-state index contributed by atoms with van der Waals surface area (Å²) in [5.74, 6) is 5.07. The summed E-state index contributed by atoms with van der Waals surface area (Å²) in [5.41, 5.74) is 4.86. The predicted molar refractivity (Wildman–Crippen MR) is 70.7 cm³/mol. The number of nitrogen functional groups attached to an aromatic ring is 1. The minimum absolute atomic E-state index is 0.0937. The number of hydrazine groups is 1. The van der Waals surface area contributed by atoms with Gasteiger partial charge in [0.25, 0.3) is 5.91 Å². The van der Waals surface area contributed by atoms with E-state index in [0.29, 0.717) is 12.1 Å². The molecule has 18 heavy (non-hydrogen) atoms. The number of nitrogens with zero attached hydrogens (tertiary/aromatic N) is 2. The second-order valence-electron chi connectivity index (χ2n) is 4.39. The van der Waals surface area contributed by atoms with Crippen LogP contribution in [-0.2, 0) is 0 Å². The van der Waals surface area contributed by atoms with Gasteiger partial charge in [0, 0.05) is 19.2 Å². The summed E-state index contributed by atoms with van der Waals surface area (Å²) in [5, 5.41) is 8.74. The molecule has 1 rings (SSSR count). The summed E-state index contributed by atoms with van der Waals surface area (Å²) in [6.45, 7) is 4.09. The van der Waals surface area contributed by atoms with E-state index in [4.69, 9.17) is 11.1 Å². The molecule has 0 heterocycles. The normalized spacial score (nSPS) is 11.5. The number of carbonyl (C=O) groups excluding carboxylic acids is 1. The van der Waals surface area contributed by atoms with Crippen LogP contribution < -0.4 is 11.3 Å². The second-order valence-corrected chi connectivity index (χ2v) is 4.39. The molecule has 0 aromatic heterocycles. The highest BCUT2D eigenvalue weighted by atomic mass is 16.2. The van der Waals surface area contributed by atoms with Crippen molar-refractivity contribution in [2.45, 2.75) is 13.8 Å². The van der Waals surface area contributed by atoms with Crippen molar-refractivity contribution in [2.24, 2.45) is 11.8 Å². The first-order chi connectivity index (χ1) is 8.49. The molecule has 1 unspecified atom stereocenters. The lowest BCUT2D eigenvalue weighted by Gasteiger charge is -2.19. The molecule has 96 valence electrons. The quantitative estimate of drug-likeness (QED) is 0.623. The molecule has 5 nitrogen and oxygen atoms in total. The van der Waals surface area contributed by atoms with Gasteiger partial charge in [0.2, 0.25) is 0 Å². The van der Waals surface area contributed by atoms with Crippen molar-refractivity contribution < 1.29 is 4.79 Å². The number of benzene rings is 1. The Labute approximate surface area is 107 Å². The molecule has 0 spiro atoms. The van der Waals surface area contributed by atoms with Crippen LogP contribution in [0.15, 0.2) is 18.2 Å². The van der Waals surface area contributed by atoms with Gasteiger partial charge in [0.15, 0.2) is 0 Å². The van der Waals surface area contributed by atoms with E-state index >= 15 is 0 Å². The summed E-state index contributed by atoms with van der Waals surface area (Å²) in [6, 6.07) is 7.38. The lowest BCUT2D eigenvalue weighted by Crippen LogP contribution is -2.30. The third-order valence-electron chi connectivity index (χ3n) is 2.74. The summed E-state index contributed by atoms with van der Waals surface area (Å²) in [6.07, 6.45) is 0. The fourth-order valence-electron chi connectivity index (χ4n) is 1.71. The van der Waals surface area contributed by atoms with Crippen LogP contribution >= 0.6 is 0 Å². The molecule has 0 aliphatic heterocycles. The number of amides is 1. The minimum Gasteiger partial charge on any atom is -0.340 e. The minimum atomic E-state index is -0.176. The molecule has 1 atom stereocenters. The van der Waals surface area contributed by atoms with Crippen LogP contribution in [0.2, 0.25) is 0 Å². The average molecular weight is 246 g/mol. The summed E-state index contributed by atoms with van der Waals surface area (Å²) >= 11 is 0. The van der Waals surface area contributed by atoms with Crippen molar-refractivity contribution in [1.29, 1.82) is 5.26 Å². The van der Waals surface area contributed by atoms with Gasteiger partial charge in [-0.25, -0.2) is 0 Å². The van der Waals surface area contributed by atoms with Gasteiger partial charge in [-0.1, -0.05) is 0 Å². The molecule has 3 N–H and O–H groups in total. The first-order valence-electron chi connectivity index (χ1n) is 5.72. The predicted octanol–water partition coefficient (Wildman–Crippen LogP) is 1.51. The van der Waals surface area contributed by atoms with Gasteiger partial charge < -0.3 is 10.3 Å². The van der Waals surface area contributed by atoms with Crippen molar-refractivity contribution in [1.82, 2.24) is 4.90 Å². The largest absolute Gasteiger partial charge is 0.340 e. The van der Waals surface area contributed by atoms with E-state index in [1.165, 1.54) is 0 Å². The summed E-state index contributed by atoms with van der Waals surface area (Å²) in [7, 11) is 1.70. The van der Waals surface area contributed by atoms with Crippen molar-refractivity contribution in [3.63, 3.8) is 0 Å². The smallest absolute Gasteiger partial charge is 0.253 e. The molecule has 0 aliphatic carbocycles. The van der Waals surface area contributed by atoms with Crippen molar-refractivity contribution >= 4 is 11.6 Å². The molecule has 0 saturated carbocycles. The fraction of sp³-hybridized carbons (Fsp3) is 0.385. The van der Waals surface area contributed by atoms with Crippen molar-refractivity contribution in [2.75, 3.05) is 19.0 Å². The number of hydrogen-bond acceptors (Lipinski definition) is 4. The Kier molecular flexibility index (Phi) is 4.69. The monoisotopic (exact) mass is 246 g/mol. The van der Waals surface area contributed by atoms with Crippen LogP contribution in [-0.4, -0.2) is 24.4 Å². The van der Waals surface area contributed by atoms with E-state index in [0.717, 1.165) is 11.3 Å². The van der Waals surface area contributed by atoms with E-state index in [-0.39, 0.29) is 11.8 Å². The van der Waals surface area contributed by atoms with E-state index in [1.54, 1.807) is 37.1 Å². The Morgan fingerprint density at radius 3 is 2.78 bits per heavy atom. The van der Waals surface area contributed by atoms with Gasteiger partial charge in [-0.05, 0) is 37.6 Å². The van der Waals surface area contributed by atoms with Crippen LogP contribution in [0.25, 0.3) is 0 Å². The van der Waals surface area contributed by atoms with Crippen molar-refractivity contribution in [3.8, 4) is 6.07 Å². The maximum absolute atomic E-state index is 12.1. The number of nitrogens with one attached hydrogen (secondary N) is 1. The van der Waals surface area contributed by atoms with Gasteiger partial charge >= 0.3 is 0 Å². The van der Waals surface area contributed by atoms with Gasteiger partial charge in [0.05, 0.1) is 17.7 Å². The maximum Gasteiger partial charge on any atom is 0.253 e. The highest BCUT2D eigenvalue weighted by molar-refractivity contribution is 5.94. The zero-order valence-electron chi connectivity index (χ0n) is 10.9. The van der Waals surface area contributed by atoms with Gasteiger partial charge in [-0.2, -0.15) is 5.26 Å². The Balaban J connectivity index is 2.84. The van der Waals surface area contributed by atoms with Crippen LogP contribution in [0.4, 0.5) is 5.69 Å². The molecule has 0 fully saturated rings. The molecule has 0 aliphatic rings. The Bertz CT molecular complexity index is 478. The Hall–Kier alpha value is -2.06.